The minimum Gasteiger partial charge on any atom is -0.366 e. The van der Waals surface area contributed by atoms with Crippen molar-refractivity contribution in [3.63, 3.8) is 0 Å². The third-order valence-corrected chi connectivity index (χ3v) is 7.10. The Hall–Kier alpha value is -3.79. The van der Waals surface area contributed by atoms with Crippen molar-refractivity contribution in [1.82, 2.24) is 4.57 Å². The summed E-state index contributed by atoms with van der Waals surface area (Å²) >= 11 is 12.7. The number of aromatic nitrogens is 1. The molecule has 0 fully saturated rings. The van der Waals surface area contributed by atoms with Crippen LogP contribution in [-0.2, 0) is 6.54 Å². The molecule has 0 radical (unpaired) electrons. The molecule has 6 aromatic rings. The molecular formula is C30H20Cl2N2O. The zero-order valence-corrected chi connectivity index (χ0v) is 20.1. The van der Waals surface area contributed by atoms with Crippen molar-refractivity contribution in [3.05, 3.63) is 118 Å². The monoisotopic (exact) mass is 494 g/mol. The number of nitrogens with two attached hydrogens (primary N) is 1. The topological polar surface area (TPSA) is 48.0 Å². The van der Waals surface area contributed by atoms with Crippen LogP contribution in [0.4, 0.5) is 0 Å². The summed E-state index contributed by atoms with van der Waals surface area (Å²) in [4.78, 5) is 12.3. The molecule has 0 saturated heterocycles. The number of primary amides is 1. The fourth-order valence-electron chi connectivity index (χ4n) is 4.93. The molecule has 0 unspecified atom stereocenters. The van der Waals surface area contributed by atoms with Crippen molar-refractivity contribution in [2.75, 3.05) is 0 Å². The number of hydrogen-bond donors (Lipinski definition) is 1. The van der Waals surface area contributed by atoms with Crippen LogP contribution >= 0.6 is 23.2 Å². The zero-order chi connectivity index (χ0) is 24.1. The number of amides is 1. The van der Waals surface area contributed by atoms with Crippen molar-refractivity contribution >= 4 is 61.7 Å². The lowest BCUT2D eigenvalue weighted by Gasteiger charge is -2.11. The number of hydrogen-bond acceptors (Lipinski definition) is 1. The second kappa shape index (κ2) is 8.46. The summed E-state index contributed by atoms with van der Waals surface area (Å²) in [6.45, 7) is 0.644. The summed E-state index contributed by atoms with van der Waals surface area (Å²) in [5.74, 6) is -0.440. The van der Waals surface area contributed by atoms with E-state index < -0.39 is 5.91 Å². The van der Waals surface area contributed by atoms with Gasteiger partial charge in [-0.3, -0.25) is 4.79 Å². The summed E-state index contributed by atoms with van der Waals surface area (Å²) in [5.41, 5.74) is 11.3. The number of rotatable bonds is 4. The van der Waals surface area contributed by atoms with Crippen molar-refractivity contribution in [2.45, 2.75) is 6.54 Å². The van der Waals surface area contributed by atoms with Gasteiger partial charge in [-0.15, -0.1) is 0 Å². The first-order chi connectivity index (χ1) is 17.0. The van der Waals surface area contributed by atoms with Crippen LogP contribution in [0.15, 0.2) is 97.1 Å². The van der Waals surface area contributed by atoms with E-state index in [1.807, 2.05) is 48.5 Å². The van der Waals surface area contributed by atoms with E-state index in [2.05, 4.69) is 41.0 Å². The van der Waals surface area contributed by atoms with Gasteiger partial charge in [-0.2, -0.15) is 0 Å². The maximum Gasteiger partial charge on any atom is 0.249 e. The number of nitrogens with zero attached hydrogens (tertiary/aromatic N) is 1. The quantitative estimate of drug-likeness (QED) is 0.264. The van der Waals surface area contributed by atoms with Gasteiger partial charge in [0.1, 0.15) is 0 Å². The average Bonchev–Trinajstić information content (AvgIpc) is 3.17. The van der Waals surface area contributed by atoms with Gasteiger partial charge in [0.15, 0.2) is 0 Å². The molecule has 0 aliphatic carbocycles. The summed E-state index contributed by atoms with van der Waals surface area (Å²) in [6.07, 6.45) is 0. The molecule has 0 atom stereocenters. The fourth-order valence-corrected chi connectivity index (χ4v) is 5.45. The fraction of sp³-hybridized carbons (Fsp3) is 0.0333. The van der Waals surface area contributed by atoms with Crippen LogP contribution in [0, 0.1) is 0 Å². The molecule has 1 amide bonds. The van der Waals surface area contributed by atoms with Gasteiger partial charge in [-0.1, -0.05) is 83.9 Å². The SMILES string of the molecule is NC(=O)c1cccc2c1c1ccc(-c3ccc(Cl)cc3Cl)cc1n2Cc1ccc2ccccc2c1. The Kier molecular flexibility index (Phi) is 5.25. The van der Waals surface area contributed by atoms with Crippen LogP contribution in [0.3, 0.4) is 0 Å². The smallest absolute Gasteiger partial charge is 0.249 e. The predicted octanol–water partition coefficient (Wildman–Crippen LogP) is 8.07. The molecule has 0 aliphatic heterocycles. The van der Waals surface area contributed by atoms with Gasteiger partial charge >= 0.3 is 0 Å². The maximum absolute atomic E-state index is 12.3. The van der Waals surface area contributed by atoms with E-state index in [4.69, 9.17) is 28.9 Å². The molecule has 0 bridgehead atoms. The summed E-state index contributed by atoms with van der Waals surface area (Å²) in [5, 5.41) is 5.42. The van der Waals surface area contributed by atoms with Gasteiger partial charge in [-0.25, -0.2) is 0 Å². The second-order valence-corrected chi connectivity index (χ2v) is 9.53. The highest BCUT2D eigenvalue weighted by Gasteiger charge is 2.18. The number of halogens is 2. The normalized spacial score (nSPS) is 11.5. The largest absolute Gasteiger partial charge is 0.366 e. The van der Waals surface area contributed by atoms with Crippen LogP contribution in [0.2, 0.25) is 10.0 Å². The molecule has 5 heteroatoms. The highest BCUT2D eigenvalue weighted by Crippen LogP contribution is 2.37. The summed E-state index contributed by atoms with van der Waals surface area (Å²) in [6, 6.07) is 32.2. The zero-order valence-electron chi connectivity index (χ0n) is 18.6. The summed E-state index contributed by atoms with van der Waals surface area (Å²) < 4.78 is 2.24. The lowest BCUT2D eigenvalue weighted by Crippen LogP contribution is -2.11. The second-order valence-electron chi connectivity index (χ2n) is 8.69. The van der Waals surface area contributed by atoms with E-state index >= 15 is 0 Å². The summed E-state index contributed by atoms with van der Waals surface area (Å²) in [7, 11) is 0. The van der Waals surface area contributed by atoms with Gasteiger partial charge in [-0.05, 0) is 58.3 Å². The average molecular weight is 495 g/mol. The minimum absolute atomic E-state index is 0.440. The van der Waals surface area contributed by atoms with Crippen LogP contribution < -0.4 is 5.73 Å². The van der Waals surface area contributed by atoms with Gasteiger partial charge in [0.2, 0.25) is 5.91 Å². The number of benzene rings is 5. The van der Waals surface area contributed by atoms with Crippen LogP contribution in [-0.4, -0.2) is 10.5 Å². The van der Waals surface area contributed by atoms with Crippen molar-refractivity contribution in [1.29, 1.82) is 0 Å². The lowest BCUT2D eigenvalue weighted by molar-refractivity contribution is 0.100. The molecule has 0 aliphatic rings. The molecule has 0 spiro atoms. The number of carbonyl (C=O) groups is 1. The minimum atomic E-state index is -0.440. The van der Waals surface area contributed by atoms with Crippen LogP contribution in [0.5, 0.6) is 0 Å². The molecule has 170 valence electrons. The first kappa shape index (κ1) is 21.7. The highest BCUT2D eigenvalue weighted by molar-refractivity contribution is 6.36. The molecular weight excluding hydrogens is 475 g/mol. The van der Waals surface area contributed by atoms with Crippen molar-refractivity contribution in [2.24, 2.45) is 5.73 Å². The van der Waals surface area contributed by atoms with E-state index in [0.717, 1.165) is 32.9 Å². The standard InChI is InChI=1S/C30H20Cl2N2O/c31-22-11-13-23(26(32)16-22)21-10-12-24-28(15-21)34(27-7-3-6-25(29(24)27)30(33)35)17-18-8-9-19-4-1-2-5-20(19)14-18/h1-16H,17H2,(H2,33,35). The number of carbonyl (C=O) groups excluding carboxylic acids is 1. The van der Waals surface area contributed by atoms with E-state index in [1.165, 1.54) is 16.3 Å². The Morgan fingerprint density at radius 2 is 1.60 bits per heavy atom. The predicted molar refractivity (Wildman–Crippen MR) is 146 cm³/mol. The number of fused-ring (bicyclic) bond motifs is 4. The maximum atomic E-state index is 12.3. The first-order valence-electron chi connectivity index (χ1n) is 11.3. The van der Waals surface area contributed by atoms with Crippen LogP contribution in [0.25, 0.3) is 43.7 Å². The molecule has 5 aromatic carbocycles. The van der Waals surface area contributed by atoms with E-state index in [-0.39, 0.29) is 0 Å². The Bertz CT molecular complexity index is 1790. The Morgan fingerprint density at radius 1 is 0.771 bits per heavy atom. The van der Waals surface area contributed by atoms with Crippen molar-refractivity contribution in [3.8, 4) is 11.1 Å². The van der Waals surface area contributed by atoms with E-state index in [1.54, 1.807) is 12.1 Å². The van der Waals surface area contributed by atoms with Crippen molar-refractivity contribution < 1.29 is 4.79 Å². The van der Waals surface area contributed by atoms with E-state index in [9.17, 15) is 4.79 Å². The Labute approximate surface area is 212 Å². The highest BCUT2D eigenvalue weighted by atomic mass is 35.5. The first-order valence-corrected chi connectivity index (χ1v) is 12.0. The molecule has 6 rings (SSSR count). The molecule has 35 heavy (non-hydrogen) atoms. The van der Waals surface area contributed by atoms with E-state index in [0.29, 0.717) is 22.2 Å². The third-order valence-electron chi connectivity index (χ3n) is 6.55. The van der Waals surface area contributed by atoms with Gasteiger partial charge in [0.05, 0.1) is 11.0 Å². The molecule has 0 saturated carbocycles. The molecule has 3 nitrogen and oxygen atoms in total. The Morgan fingerprint density at radius 3 is 2.40 bits per heavy atom. The molecule has 1 heterocycles. The molecule has 1 aromatic heterocycles. The molecule has 2 N–H and O–H groups in total. The Balaban J connectivity index is 1.61. The van der Waals surface area contributed by atoms with Gasteiger partial charge in [0, 0.05) is 38.5 Å². The van der Waals surface area contributed by atoms with Crippen LogP contribution in [0.1, 0.15) is 15.9 Å². The van der Waals surface area contributed by atoms with Gasteiger partial charge < -0.3 is 10.3 Å². The third kappa shape index (κ3) is 3.74. The lowest BCUT2D eigenvalue weighted by atomic mass is 10.0. The van der Waals surface area contributed by atoms with Gasteiger partial charge in [0.25, 0.3) is 0 Å².